The first-order valence-electron chi connectivity index (χ1n) is 17.9. The van der Waals surface area contributed by atoms with Gasteiger partial charge in [0.25, 0.3) is 0 Å². The number of hydrogen-bond acceptors (Lipinski definition) is 3. The average molecular weight is 700 g/mol. The van der Waals surface area contributed by atoms with Crippen molar-refractivity contribution < 1.29 is 0 Å². The number of hydrogen-bond donors (Lipinski definition) is 0. The van der Waals surface area contributed by atoms with E-state index in [1.54, 1.807) is 0 Å². The molecule has 0 amide bonds. The van der Waals surface area contributed by atoms with E-state index in [1.807, 2.05) is 22.7 Å². The zero-order valence-electron chi connectivity index (χ0n) is 28.9. The Morgan fingerprint density at radius 3 is 1.96 bits per heavy atom. The molecular formula is C49H33NS2. The summed E-state index contributed by atoms with van der Waals surface area (Å²) >= 11 is 3.77. The summed E-state index contributed by atoms with van der Waals surface area (Å²) < 4.78 is 5.32. The van der Waals surface area contributed by atoms with Crippen LogP contribution in [-0.2, 0) is 5.41 Å². The minimum atomic E-state index is -0.0328. The Bertz CT molecular complexity index is 3050. The Balaban J connectivity index is 1.05. The molecule has 246 valence electrons. The number of fused-ring (bicyclic) bond motifs is 11. The van der Waals surface area contributed by atoms with E-state index in [-0.39, 0.29) is 5.41 Å². The summed E-state index contributed by atoms with van der Waals surface area (Å²) in [7, 11) is 0. The molecule has 52 heavy (non-hydrogen) atoms. The SMILES string of the molecule is CC1(C)c2ccccc2-c2cc(N(c3ccc(-c4ccc5sc6c7ccccc7ccc6c5c4)cc3)c3ccc4c(c3)sc3ccccc34)ccc21. The Hall–Kier alpha value is -5.74. The lowest BCUT2D eigenvalue weighted by atomic mass is 9.82. The zero-order valence-corrected chi connectivity index (χ0v) is 30.5. The van der Waals surface area contributed by atoms with Crippen molar-refractivity contribution in [1.29, 1.82) is 0 Å². The van der Waals surface area contributed by atoms with E-state index in [0.717, 1.165) is 17.1 Å². The highest BCUT2D eigenvalue weighted by atomic mass is 32.1. The highest BCUT2D eigenvalue weighted by Crippen LogP contribution is 2.51. The smallest absolute Gasteiger partial charge is 0.0476 e. The molecule has 0 saturated heterocycles. The standard InChI is InChI=1S/C49H33NS2/c1-49(2)43-13-7-5-11-37(43)41-28-34(22-25-44(41)49)50(35-21-24-39-38-12-6-8-14-45(38)51-47(39)29-35)33-19-15-30(16-20-33)32-18-26-46-42(27-32)40-23-17-31-9-3-4-10-36(31)48(40)52-46/h3-29H,1-2H3. The van der Waals surface area contributed by atoms with Crippen molar-refractivity contribution in [2.75, 3.05) is 4.90 Å². The van der Waals surface area contributed by atoms with Crippen molar-refractivity contribution >= 4 is 90.9 Å². The van der Waals surface area contributed by atoms with E-state index in [1.165, 1.54) is 84.5 Å². The minimum absolute atomic E-state index is 0.0328. The fourth-order valence-electron chi connectivity index (χ4n) is 8.64. The number of benzene rings is 8. The summed E-state index contributed by atoms with van der Waals surface area (Å²) in [5.41, 5.74) is 11.3. The van der Waals surface area contributed by atoms with E-state index in [4.69, 9.17) is 0 Å². The molecule has 1 aliphatic carbocycles. The first-order chi connectivity index (χ1) is 25.5. The van der Waals surface area contributed by atoms with Crippen LogP contribution < -0.4 is 4.90 Å². The van der Waals surface area contributed by atoms with Gasteiger partial charge in [-0.05, 0) is 98.8 Å². The molecule has 1 aliphatic rings. The molecule has 0 N–H and O–H groups in total. The van der Waals surface area contributed by atoms with Crippen LogP contribution in [0.25, 0.3) is 73.4 Å². The summed E-state index contributed by atoms with van der Waals surface area (Å²) in [5, 5.41) is 7.93. The predicted molar refractivity (Wildman–Crippen MR) is 227 cm³/mol. The van der Waals surface area contributed by atoms with Crippen LogP contribution in [0, 0.1) is 0 Å². The summed E-state index contributed by atoms with van der Waals surface area (Å²) in [6.07, 6.45) is 0. The van der Waals surface area contributed by atoms with Gasteiger partial charge in [0, 0.05) is 62.8 Å². The number of anilines is 3. The maximum absolute atomic E-state index is 2.43. The van der Waals surface area contributed by atoms with Crippen molar-refractivity contribution in [2.24, 2.45) is 0 Å². The lowest BCUT2D eigenvalue weighted by Crippen LogP contribution is -2.15. The highest BCUT2D eigenvalue weighted by molar-refractivity contribution is 7.26. The molecule has 10 aromatic rings. The van der Waals surface area contributed by atoms with Crippen LogP contribution in [0.5, 0.6) is 0 Å². The quantitative estimate of drug-likeness (QED) is 0.177. The van der Waals surface area contributed by atoms with E-state index in [9.17, 15) is 0 Å². The minimum Gasteiger partial charge on any atom is -0.310 e. The Labute approximate surface area is 310 Å². The Kier molecular flexibility index (Phi) is 6.41. The fourth-order valence-corrected chi connectivity index (χ4v) is 11.0. The van der Waals surface area contributed by atoms with Crippen LogP contribution in [0.15, 0.2) is 164 Å². The van der Waals surface area contributed by atoms with E-state index < -0.39 is 0 Å². The molecule has 3 heteroatoms. The van der Waals surface area contributed by atoms with Crippen LogP contribution in [0.3, 0.4) is 0 Å². The van der Waals surface area contributed by atoms with Crippen LogP contribution in [0.1, 0.15) is 25.0 Å². The van der Waals surface area contributed by atoms with Gasteiger partial charge in [-0.2, -0.15) is 0 Å². The second kappa shape index (κ2) is 11.1. The first-order valence-corrected chi connectivity index (χ1v) is 19.5. The zero-order chi connectivity index (χ0) is 34.6. The van der Waals surface area contributed by atoms with Gasteiger partial charge in [0.2, 0.25) is 0 Å². The molecule has 0 fully saturated rings. The molecule has 8 aromatic carbocycles. The molecule has 0 radical (unpaired) electrons. The summed E-state index contributed by atoms with van der Waals surface area (Å²) in [4.78, 5) is 2.43. The molecule has 0 bridgehead atoms. The summed E-state index contributed by atoms with van der Waals surface area (Å²) in [6, 6.07) is 61.1. The maximum Gasteiger partial charge on any atom is 0.0476 e. The Morgan fingerprint density at radius 2 is 1.06 bits per heavy atom. The van der Waals surface area contributed by atoms with Gasteiger partial charge in [-0.3, -0.25) is 0 Å². The fraction of sp³-hybridized carbons (Fsp3) is 0.0612. The van der Waals surface area contributed by atoms with Gasteiger partial charge in [-0.1, -0.05) is 123 Å². The van der Waals surface area contributed by atoms with Gasteiger partial charge in [-0.15, -0.1) is 22.7 Å². The van der Waals surface area contributed by atoms with Crippen molar-refractivity contribution in [3.05, 3.63) is 175 Å². The molecule has 2 aromatic heterocycles. The van der Waals surface area contributed by atoms with Crippen molar-refractivity contribution in [2.45, 2.75) is 19.3 Å². The maximum atomic E-state index is 2.43. The highest BCUT2D eigenvalue weighted by Gasteiger charge is 2.35. The molecule has 11 rings (SSSR count). The largest absolute Gasteiger partial charge is 0.310 e. The monoisotopic (exact) mass is 699 g/mol. The van der Waals surface area contributed by atoms with E-state index in [2.05, 4.69) is 183 Å². The topological polar surface area (TPSA) is 3.24 Å². The number of nitrogens with zero attached hydrogens (tertiary/aromatic N) is 1. The van der Waals surface area contributed by atoms with Crippen molar-refractivity contribution in [1.82, 2.24) is 0 Å². The molecule has 0 unspecified atom stereocenters. The van der Waals surface area contributed by atoms with Crippen LogP contribution in [-0.4, -0.2) is 0 Å². The summed E-state index contributed by atoms with van der Waals surface area (Å²) in [5.74, 6) is 0. The van der Waals surface area contributed by atoms with Crippen LogP contribution in [0.2, 0.25) is 0 Å². The second-order valence-corrected chi connectivity index (χ2v) is 16.7. The molecule has 0 saturated carbocycles. The van der Waals surface area contributed by atoms with Crippen LogP contribution in [0.4, 0.5) is 17.1 Å². The molecular weight excluding hydrogens is 667 g/mol. The number of thiophene rings is 2. The van der Waals surface area contributed by atoms with Gasteiger partial charge in [-0.25, -0.2) is 0 Å². The van der Waals surface area contributed by atoms with Gasteiger partial charge in [0.15, 0.2) is 0 Å². The van der Waals surface area contributed by atoms with Crippen molar-refractivity contribution in [3.8, 4) is 22.3 Å². The lowest BCUT2D eigenvalue weighted by Gasteiger charge is -2.27. The normalized spacial score (nSPS) is 13.3. The van der Waals surface area contributed by atoms with E-state index >= 15 is 0 Å². The van der Waals surface area contributed by atoms with Gasteiger partial charge < -0.3 is 4.90 Å². The summed E-state index contributed by atoms with van der Waals surface area (Å²) in [6.45, 7) is 4.70. The molecule has 0 aliphatic heterocycles. The van der Waals surface area contributed by atoms with Gasteiger partial charge in [0.1, 0.15) is 0 Å². The third kappa shape index (κ3) is 4.40. The van der Waals surface area contributed by atoms with Crippen molar-refractivity contribution in [3.63, 3.8) is 0 Å². The molecule has 1 nitrogen and oxygen atoms in total. The molecule has 0 spiro atoms. The second-order valence-electron chi connectivity index (χ2n) is 14.5. The third-order valence-electron chi connectivity index (χ3n) is 11.3. The van der Waals surface area contributed by atoms with Gasteiger partial charge in [0.05, 0.1) is 0 Å². The van der Waals surface area contributed by atoms with E-state index in [0.29, 0.717) is 0 Å². The lowest BCUT2D eigenvalue weighted by molar-refractivity contribution is 0.660. The molecule has 0 atom stereocenters. The predicted octanol–water partition coefficient (Wildman–Crippen LogP) is 15.0. The number of rotatable bonds is 4. The first kappa shape index (κ1) is 29.9. The average Bonchev–Trinajstić information content (AvgIpc) is 3.82. The third-order valence-corrected chi connectivity index (χ3v) is 13.6. The van der Waals surface area contributed by atoms with Crippen LogP contribution >= 0.6 is 22.7 Å². The van der Waals surface area contributed by atoms with Gasteiger partial charge >= 0.3 is 0 Å². The molecule has 2 heterocycles. The Morgan fingerprint density at radius 1 is 0.404 bits per heavy atom.